The van der Waals surface area contributed by atoms with Crippen LogP contribution in [0.15, 0.2) is 59.1 Å². The van der Waals surface area contributed by atoms with Crippen molar-refractivity contribution in [1.82, 2.24) is 0 Å². The van der Waals surface area contributed by atoms with Crippen molar-refractivity contribution < 1.29 is 23.4 Å². The van der Waals surface area contributed by atoms with E-state index < -0.39 is 29.1 Å². The lowest BCUT2D eigenvalue weighted by Gasteiger charge is -2.36. The molecule has 3 nitrogen and oxygen atoms in total. The van der Waals surface area contributed by atoms with Gasteiger partial charge in [0.1, 0.15) is 0 Å². The fourth-order valence-corrected chi connectivity index (χ4v) is 3.45. The summed E-state index contributed by atoms with van der Waals surface area (Å²) in [5.41, 5.74) is -1.43. The Bertz CT molecular complexity index is 824. The highest BCUT2D eigenvalue weighted by Gasteiger charge is 2.49. The lowest BCUT2D eigenvalue weighted by Crippen LogP contribution is -2.43. The van der Waals surface area contributed by atoms with Gasteiger partial charge in [-0.05, 0) is 36.6 Å². The SMILES string of the molecule is CC(CCC(F)(F)C(C)(C)COCc1ccccc1)(C(=O)O)c1cccc(Br)c1. The van der Waals surface area contributed by atoms with Crippen LogP contribution >= 0.6 is 15.9 Å². The maximum absolute atomic E-state index is 15.0. The third-order valence-corrected chi connectivity index (χ3v) is 5.93. The lowest BCUT2D eigenvalue weighted by atomic mass is 9.74. The van der Waals surface area contributed by atoms with E-state index in [0.29, 0.717) is 10.0 Å². The number of carbonyl (C=O) groups is 1. The zero-order valence-corrected chi connectivity index (χ0v) is 18.5. The molecule has 0 aromatic heterocycles. The van der Waals surface area contributed by atoms with Crippen molar-refractivity contribution >= 4 is 21.9 Å². The van der Waals surface area contributed by atoms with E-state index in [1.54, 1.807) is 24.3 Å². The molecule has 2 aromatic rings. The predicted molar refractivity (Wildman–Crippen MR) is 113 cm³/mol. The van der Waals surface area contributed by atoms with Crippen LogP contribution in [-0.4, -0.2) is 23.6 Å². The second kappa shape index (κ2) is 9.35. The molecule has 0 fully saturated rings. The maximum atomic E-state index is 15.0. The summed E-state index contributed by atoms with van der Waals surface area (Å²) >= 11 is 3.32. The molecule has 0 aliphatic heterocycles. The number of rotatable bonds is 10. The molecule has 1 N–H and O–H groups in total. The van der Waals surface area contributed by atoms with Crippen LogP contribution in [-0.2, 0) is 21.6 Å². The van der Waals surface area contributed by atoms with E-state index in [-0.39, 0.29) is 19.6 Å². The number of hydrogen-bond acceptors (Lipinski definition) is 2. The number of halogens is 3. The first-order valence-electron chi connectivity index (χ1n) is 9.47. The lowest BCUT2D eigenvalue weighted by molar-refractivity contribution is -0.153. The van der Waals surface area contributed by atoms with E-state index >= 15 is 8.78 Å². The number of alkyl halides is 2. The van der Waals surface area contributed by atoms with Gasteiger partial charge in [0.25, 0.3) is 5.92 Å². The maximum Gasteiger partial charge on any atom is 0.313 e. The summed E-state index contributed by atoms with van der Waals surface area (Å²) < 4.78 is 36.3. The van der Waals surface area contributed by atoms with Gasteiger partial charge in [0.15, 0.2) is 0 Å². The van der Waals surface area contributed by atoms with Gasteiger partial charge in [0, 0.05) is 10.9 Å². The van der Waals surface area contributed by atoms with Gasteiger partial charge < -0.3 is 9.84 Å². The molecule has 2 aromatic carbocycles. The number of ether oxygens (including phenoxy) is 1. The zero-order chi connectivity index (χ0) is 21.7. The summed E-state index contributed by atoms with van der Waals surface area (Å²) in [6.07, 6.45) is -0.738. The van der Waals surface area contributed by atoms with Crippen LogP contribution in [0.5, 0.6) is 0 Å². The molecule has 0 saturated carbocycles. The Kier molecular flexibility index (Phi) is 7.57. The fraction of sp³-hybridized carbons (Fsp3) is 0.435. The van der Waals surface area contributed by atoms with Crippen LogP contribution < -0.4 is 0 Å². The van der Waals surface area contributed by atoms with Gasteiger partial charge in [0.2, 0.25) is 0 Å². The summed E-state index contributed by atoms with van der Waals surface area (Å²) in [5, 5.41) is 9.76. The van der Waals surface area contributed by atoms with E-state index in [1.807, 2.05) is 30.3 Å². The van der Waals surface area contributed by atoms with Crippen molar-refractivity contribution in [2.45, 2.75) is 51.6 Å². The molecular weight excluding hydrogens is 442 g/mol. The van der Waals surface area contributed by atoms with Gasteiger partial charge in [-0.2, -0.15) is 0 Å². The first-order valence-corrected chi connectivity index (χ1v) is 10.3. The second-order valence-electron chi connectivity index (χ2n) is 8.21. The summed E-state index contributed by atoms with van der Waals surface area (Å²) in [4.78, 5) is 11.9. The molecule has 1 atom stereocenters. The Labute approximate surface area is 179 Å². The quantitative estimate of drug-likeness (QED) is 0.435. The van der Waals surface area contributed by atoms with Crippen LogP contribution in [0.2, 0.25) is 0 Å². The Hall–Kier alpha value is -1.79. The largest absolute Gasteiger partial charge is 0.481 e. The molecule has 0 bridgehead atoms. The van der Waals surface area contributed by atoms with Crippen molar-refractivity contribution in [3.05, 3.63) is 70.2 Å². The minimum absolute atomic E-state index is 0.129. The van der Waals surface area contributed by atoms with E-state index in [9.17, 15) is 9.90 Å². The summed E-state index contributed by atoms with van der Waals surface area (Å²) in [6, 6.07) is 16.2. The molecule has 158 valence electrons. The van der Waals surface area contributed by atoms with Crippen LogP contribution in [0.4, 0.5) is 8.78 Å². The van der Waals surface area contributed by atoms with Gasteiger partial charge in [-0.15, -0.1) is 0 Å². The molecule has 0 aliphatic carbocycles. The topological polar surface area (TPSA) is 46.5 Å². The Morgan fingerprint density at radius 3 is 2.28 bits per heavy atom. The van der Waals surface area contributed by atoms with Gasteiger partial charge in [0.05, 0.1) is 24.0 Å². The Morgan fingerprint density at radius 2 is 1.69 bits per heavy atom. The Balaban J connectivity index is 2.06. The average molecular weight is 469 g/mol. The van der Waals surface area contributed by atoms with Crippen molar-refractivity contribution in [3.63, 3.8) is 0 Å². The number of carboxylic acids is 1. The van der Waals surface area contributed by atoms with Crippen molar-refractivity contribution in [2.24, 2.45) is 5.41 Å². The average Bonchev–Trinajstić information content (AvgIpc) is 2.66. The molecule has 6 heteroatoms. The number of aliphatic carboxylic acids is 1. The van der Waals surface area contributed by atoms with Gasteiger partial charge >= 0.3 is 5.97 Å². The number of hydrogen-bond donors (Lipinski definition) is 1. The molecule has 0 saturated heterocycles. The summed E-state index contributed by atoms with van der Waals surface area (Å²) in [6.45, 7) is 4.53. The van der Waals surface area contributed by atoms with Gasteiger partial charge in [-0.3, -0.25) is 4.79 Å². The molecule has 2 rings (SSSR count). The summed E-state index contributed by atoms with van der Waals surface area (Å²) in [5.74, 6) is -4.21. The van der Waals surface area contributed by atoms with Crippen LogP contribution in [0.25, 0.3) is 0 Å². The molecule has 0 amide bonds. The van der Waals surface area contributed by atoms with Crippen LogP contribution in [0.3, 0.4) is 0 Å². The molecular formula is C23H27BrF2O3. The molecule has 1 unspecified atom stereocenters. The first-order chi connectivity index (χ1) is 13.5. The first kappa shape index (κ1) is 23.5. The minimum atomic E-state index is -3.09. The molecule has 29 heavy (non-hydrogen) atoms. The van der Waals surface area contributed by atoms with Crippen molar-refractivity contribution in [3.8, 4) is 0 Å². The number of carboxylic acid groups (broad SMARTS) is 1. The Morgan fingerprint density at radius 1 is 1.03 bits per heavy atom. The molecule has 0 aliphatic rings. The van der Waals surface area contributed by atoms with Gasteiger partial charge in [-0.25, -0.2) is 8.78 Å². The van der Waals surface area contributed by atoms with Gasteiger partial charge in [-0.1, -0.05) is 72.2 Å². The summed E-state index contributed by atoms with van der Waals surface area (Å²) in [7, 11) is 0. The normalized spacial score (nSPS) is 14.4. The van der Waals surface area contributed by atoms with Crippen molar-refractivity contribution in [2.75, 3.05) is 6.61 Å². The molecule has 0 spiro atoms. The predicted octanol–water partition coefficient (Wildman–Crippen LogP) is 6.45. The monoisotopic (exact) mass is 468 g/mol. The molecule has 0 radical (unpaired) electrons. The number of benzene rings is 2. The van der Waals surface area contributed by atoms with Crippen molar-refractivity contribution in [1.29, 1.82) is 0 Å². The highest BCUT2D eigenvalue weighted by Crippen LogP contribution is 2.43. The fourth-order valence-electron chi connectivity index (χ4n) is 3.06. The van der Waals surface area contributed by atoms with Crippen LogP contribution in [0, 0.1) is 5.41 Å². The second-order valence-corrected chi connectivity index (χ2v) is 9.13. The van der Waals surface area contributed by atoms with E-state index in [1.165, 1.54) is 20.8 Å². The highest BCUT2D eigenvalue weighted by atomic mass is 79.9. The van der Waals surface area contributed by atoms with E-state index in [0.717, 1.165) is 5.56 Å². The highest BCUT2D eigenvalue weighted by molar-refractivity contribution is 9.10. The third-order valence-electron chi connectivity index (χ3n) is 5.44. The van der Waals surface area contributed by atoms with Crippen LogP contribution in [0.1, 0.15) is 44.7 Å². The third kappa shape index (κ3) is 5.86. The van der Waals surface area contributed by atoms with E-state index in [4.69, 9.17) is 4.74 Å². The smallest absolute Gasteiger partial charge is 0.313 e. The minimum Gasteiger partial charge on any atom is -0.481 e. The zero-order valence-electron chi connectivity index (χ0n) is 16.9. The molecule has 0 heterocycles. The van der Waals surface area contributed by atoms with E-state index in [2.05, 4.69) is 15.9 Å². The standard InChI is InChI=1S/C23H27BrF2O3/c1-21(2,16-29-15-17-8-5-4-6-9-17)23(25,26)13-12-22(3,20(27)28)18-10-7-11-19(24)14-18/h4-11,14H,12-13,15-16H2,1-3H3,(H,27,28).